The molecule has 0 heterocycles. The van der Waals surface area contributed by atoms with Crippen LogP contribution in [0.2, 0.25) is 5.02 Å². The number of halogens is 3. The summed E-state index contributed by atoms with van der Waals surface area (Å²) in [5.74, 6) is -1.73. The average molecular weight is 381 g/mol. The number of sulfone groups is 1. The van der Waals surface area contributed by atoms with Gasteiger partial charge in [0.05, 0.1) is 0 Å². The second-order valence-electron chi connectivity index (χ2n) is 5.97. The topological polar surface area (TPSA) is 34.1 Å². The Morgan fingerprint density at radius 3 is 2.32 bits per heavy atom. The summed E-state index contributed by atoms with van der Waals surface area (Å²) in [5, 5.41) is 0.627. The molecule has 0 radical (unpaired) electrons. The molecule has 0 amide bonds. The smallest absolute Gasteiger partial charge is 0.178 e. The predicted octanol–water partition coefficient (Wildman–Crippen LogP) is 5.20. The highest BCUT2D eigenvalue weighted by molar-refractivity contribution is 7.90. The van der Waals surface area contributed by atoms with Crippen LogP contribution in [0.4, 0.5) is 8.78 Å². The van der Waals surface area contributed by atoms with E-state index in [1.807, 2.05) is 25.1 Å². The van der Waals surface area contributed by atoms with Crippen LogP contribution in [0.15, 0.2) is 47.4 Å². The van der Waals surface area contributed by atoms with E-state index in [0.29, 0.717) is 17.0 Å². The largest absolute Gasteiger partial charge is 0.224 e. The Morgan fingerprint density at radius 2 is 1.68 bits per heavy atom. The summed E-state index contributed by atoms with van der Waals surface area (Å²) in [5.41, 5.74) is 3.08. The van der Waals surface area contributed by atoms with Gasteiger partial charge in [-0.1, -0.05) is 29.8 Å². The van der Waals surface area contributed by atoms with Crippen molar-refractivity contribution in [2.24, 2.45) is 0 Å². The van der Waals surface area contributed by atoms with Crippen molar-refractivity contribution in [1.82, 2.24) is 0 Å². The second-order valence-corrected chi connectivity index (χ2v) is 8.36. The summed E-state index contributed by atoms with van der Waals surface area (Å²) in [6, 6.07) is 7.14. The lowest BCUT2D eigenvalue weighted by Crippen LogP contribution is -2.04. The van der Waals surface area contributed by atoms with Gasteiger partial charge in [0.1, 0.15) is 16.5 Å². The highest BCUT2D eigenvalue weighted by Gasteiger charge is 2.22. The van der Waals surface area contributed by atoms with Crippen molar-refractivity contribution in [2.75, 3.05) is 6.26 Å². The van der Waals surface area contributed by atoms with Gasteiger partial charge in [0.2, 0.25) is 0 Å². The normalized spacial score (nSPS) is 14.4. The number of benzene rings is 2. The minimum Gasteiger partial charge on any atom is -0.224 e. The molecule has 0 aromatic heterocycles. The minimum atomic E-state index is -3.84. The van der Waals surface area contributed by atoms with Crippen molar-refractivity contribution in [3.63, 3.8) is 0 Å². The van der Waals surface area contributed by atoms with E-state index in [4.69, 9.17) is 11.6 Å². The minimum absolute atomic E-state index is 0.0428. The zero-order valence-corrected chi connectivity index (χ0v) is 15.2. The standard InChI is InChI=1S/C19H15ClF2O2S/c1-11-8-12(6-7-16(11)20)13-4-3-5-14(13)15-9-18(22)19(10-17(15)21)25(2,23)24/h4-10H,3H2,1-2H3. The maximum Gasteiger partial charge on any atom is 0.178 e. The van der Waals surface area contributed by atoms with Crippen molar-refractivity contribution in [3.8, 4) is 0 Å². The van der Waals surface area contributed by atoms with Crippen LogP contribution >= 0.6 is 11.6 Å². The Kier molecular flexibility index (Phi) is 4.56. The van der Waals surface area contributed by atoms with Crippen LogP contribution < -0.4 is 0 Å². The van der Waals surface area contributed by atoms with Gasteiger partial charge in [0, 0.05) is 16.8 Å². The van der Waals surface area contributed by atoms with Crippen LogP contribution in [0, 0.1) is 18.6 Å². The third-order valence-corrected chi connectivity index (χ3v) is 5.65. The van der Waals surface area contributed by atoms with E-state index in [9.17, 15) is 17.2 Å². The van der Waals surface area contributed by atoms with Gasteiger partial charge >= 0.3 is 0 Å². The second kappa shape index (κ2) is 6.39. The molecule has 0 aliphatic heterocycles. The van der Waals surface area contributed by atoms with Crippen LogP contribution in [0.25, 0.3) is 11.1 Å². The van der Waals surface area contributed by atoms with Gasteiger partial charge in [0.25, 0.3) is 0 Å². The predicted molar refractivity (Wildman–Crippen MR) is 96.2 cm³/mol. The first-order valence-electron chi connectivity index (χ1n) is 7.55. The van der Waals surface area contributed by atoms with Crippen molar-refractivity contribution in [3.05, 3.63) is 75.8 Å². The summed E-state index contributed by atoms with van der Waals surface area (Å²) in [6.45, 7) is 1.87. The average Bonchev–Trinajstić information content (AvgIpc) is 3.00. The number of allylic oxidation sites excluding steroid dienone is 4. The molecule has 1 aliphatic rings. The first kappa shape index (κ1) is 17.8. The van der Waals surface area contributed by atoms with Gasteiger partial charge in [-0.3, -0.25) is 0 Å². The lowest BCUT2D eigenvalue weighted by molar-refractivity contribution is 0.554. The van der Waals surface area contributed by atoms with Crippen molar-refractivity contribution >= 4 is 32.6 Å². The summed E-state index contributed by atoms with van der Waals surface area (Å²) in [7, 11) is -3.84. The molecule has 0 saturated heterocycles. The molecular weight excluding hydrogens is 366 g/mol. The number of hydrogen-bond donors (Lipinski definition) is 0. The van der Waals surface area contributed by atoms with Crippen LogP contribution in [-0.2, 0) is 9.84 Å². The molecular formula is C19H15ClF2O2S. The van der Waals surface area contributed by atoms with Gasteiger partial charge < -0.3 is 0 Å². The maximum atomic E-state index is 14.5. The molecule has 0 saturated carbocycles. The molecule has 2 aromatic rings. The summed E-state index contributed by atoms with van der Waals surface area (Å²) in [6.07, 6.45) is 5.14. The number of hydrogen-bond acceptors (Lipinski definition) is 2. The van der Waals surface area contributed by atoms with Gasteiger partial charge in [-0.25, -0.2) is 17.2 Å². The van der Waals surface area contributed by atoms with E-state index in [1.165, 1.54) is 0 Å². The fourth-order valence-corrected chi connectivity index (χ4v) is 3.72. The summed E-state index contributed by atoms with van der Waals surface area (Å²) < 4.78 is 51.8. The third kappa shape index (κ3) is 3.39. The molecule has 2 nitrogen and oxygen atoms in total. The molecule has 6 heteroatoms. The van der Waals surface area contributed by atoms with Crippen molar-refractivity contribution in [1.29, 1.82) is 0 Å². The fourth-order valence-electron chi connectivity index (χ4n) is 2.87. The van der Waals surface area contributed by atoms with Gasteiger partial charge in [-0.05, 0) is 59.9 Å². The Bertz CT molecular complexity index is 1040. The Morgan fingerprint density at radius 1 is 1.00 bits per heavy atom. The Balaban J connectivity index is 2.09. The quantitative estimate of drug-likeness (QED) is 0.733. The van der Waals surface area contributed by atoms with E-state index in [0.717, 1.165) is 35.1 Å². The van der Waals surface area contributed by atoms with E-state index in [-0.39, 0.29) is 5.56 Å². The van der Waals surface area contributed by atoms with Crippen LogP contribution in [0.5, 0.6) is 0 Å². The Labute approximate surface area is 150 Å². The van der Waals surface area contributed by atoms with Gasteiger partial charge in [-0.15, -0.1) is 0 Å². The number of aryl methyl sites for hydroxylation is 1. The maximum absolute atomic E-state index is 14.5. The van der Waals surface area contributed by atoms with Crippen LogP contribution in [-0.4, -0.2) is 14.7 Å². The zero-order chi connectivity index (χ0) is 18.4. The number of rotatable bonds is 3. The monoisotopic (exact) mass is 380 g/mol. The first-order valence-corrected chi connectivity index (χ1v) is 9.82. The van der Waals surface area contributed by atoms with E-state index in [1.54, 1.807) is 12.1 Å². The molecule has 0 unspecified atom stereocenters. The van der Waals surface area contributed by atoms with Gasteiger partial charge in [-0.2, -0.15) is 0 Å². The summed E-state index contributed by atoms with van der Waals surface area (Å²) >= 11 is 6.05. The summed E-state index contributed by atoms with van der Waals surface area (Å²) in [4.78, 5) is -0.639. The van der Waals surface area contributed by atoms with Crippen LogP contribution in [0.1, 0.15) is 23.1 Å². The molecule has 0 spiro atoms. The van der Waals surface area contributed by atoms with Crippen LogP contribution in [0.3, 0.4) is 0 Å². The van der Waals surface area contributed by atoms with Crippen molar-refractivity contribution < 1.29 is 17.2 Å². The Hall–Kier alpha value is -1.98. The van der Waals surface area contributed by atoms with Gasteiger partial charge in [0.15, 0.2) is 9.84 Å². The van der Waals surface area contributed by atoms with E-state index >= 15 is 0 Å². The molecule has 3 rings (SSSR count). The molecule has 130 valence electrons. The highest BCUT2D eigenvalue weighted by Crippen LogP contribution is 2.39. The zero-order valence-electron chi connectivity index (χ0n) is 13.6. The van der Waals surface area contributed by atoms with E-state index in [2.05, 4.69) is 0 Å². The molecule has 0 bridgehead atoms. The lowest BCUT2D eigenvalue weighted by atomic mass is 9.94. The SMILES string of the molecule is Cc1cc(C2=CCC=C2c2cc(F)c(S(C)(=O)=O)cc2F)ccc1Cl. The molecule has 0 N–H and O–H groups in total. The molecule has 0 atom stereocenters. The molecule has 2 aromatic carbocycles. The highest BCUT2D eigenvalue weighted by atomic mass is 35.5. The lowest BCUT2D eigenvalue weighted by Gasteiger charge is -2.13. The fraction of sp³-hybridized carbons (Fsp3) is 0.158. The van der Waals surface area contributed by atoms with Crippen molar-refractivity contribution in [2.45, 2.75) is 18.2 Å². The first-order chi connectivity index (χ1) is 11.7. The van der Waals surface area contributed by atoms with E-state index < -0.39 is 26.4 Å². The molecule has 1 aliphatic carbocycles. The third-order valence-electron chi connectivity index (χ3n) is 4.11. The molecule has 25 heavy (non-hydrogen) atoms. The molecule has 0 fully saturated rings.